The Morgan fingerprint density at radius 3 is 2.70 bits per heavy atom. The monoisotopic (exact) mass is 137 g/mol. The lowest BCUT2D eigenvalue weighted by molar-refractivity contribution is -0.378. The maximum atomic E-state index is 10.6. The van der Waals surface area contributed by atoms with Crippen LogP contribution in [0.4, 0.5) is 0 Å². The van der Waals surface area contributed by atoms with Gasteiger partial charge in [0.05, 0.1) is 0 Å². The van der Waals surface area contributed by atoms with Gasteiger partial charge in [-0.2, -0.15) is 0 Å². The van der Waals surface area contributed by atoms with Gasteiger partial charge in [0, 0.05) is 5.56 Å². The predicted octanol–water partition coefficient (Wildman–Crippen LogP) is -0.0920. The number of rotatable bonds is 1. The van der Waals surface area contributed by atoms with Crippen molar-refractivity contribution in [3.8, 4) is 0 Å². The van der Waals surface area contributed by atoms with E-state index in [4.69, 9.17) is 5.73 Å². The standard InChI is InChI=1S/C7H8N2O/c1-5-2-6(7(8)10)4-9-3-5/h2-4H,1H3,(H2,8,10)/p+1. The van der Waals surface area contributed by atoms with Gasteiger partial charge in [0.15, 0.2) is 12.4 Å². The van der Waals surface area contributed by atoms with Gasteiger partial charge >= 0.3 is 0 Å². The highest BCUT2D eigenvalue weighted by Gasteiger charge is 2.02. The summed E-state index contributed by atoms with van der Waals surface area (Å²) >= 11 is 0. The summed E-state index contributed by atoms with van der Waals surface area (Å²) in [5.41, 5.74) is 6.53. The number of hydrogen-bond acceptors (Lipinski definition) is 1. The summed E-state index contributed by atoms with van der Waals surface area (Å²) in [6.07, 6.45) is 3.38. The molecule has 10 heavy (non-hydrogen) atoms. The normalized spacial score (nSPS) is 9.30. The summed E-state index contributed by atoms with van der Waals surface area (Å²) in [5.74, 6) is -0.403. The van der Waals surface area contributed by atoms with Crippen LogP contribution in [0, 0.1) is 6.92 Å². The summed E-state index contributed by atoms with van der Waals surface area (Å²) in [6.45, 7) is 1.89. The lowest BCUT2D eigenvalue weighted by Gasteiger charge is -1.89. The number of amides is 1. The average molecular weight is 137 g/mol. The van der Waals surface area contributed by atoms with E-state index < -0.39 is 5.91 Å². The van der Waals surface area contributed by atoms with E-state index in [1.165, 1.54) is 0 Å². The molecular weight excluding hydrogens is 128 g/mol. The second-order valence-corrected chi connectivity index (χ2v) is 2.16. The number of nitrogens with two attached hydrogens (primary N) is 1. The maximum Gasteiger partial charge on any atom is 0.254 e. The molecule has 0 spiro atoms. The molecule has 1 aromatic rings. The van der Waals surface area contributed by atoms with E-state index in [0.29, 0.717) is 5.56 Å². The average Bonchev–Trinajstić information content (AvgIpc) is 1.88. The summed E-state index contributed by atoms with van der Waals surface area (Å²) in [5, 5.41) is 0. The molecule has 0 saturated heterocycles. The van der Waals surface area contributed by atoms with Crippen molar-refractivity contribution in [1.29, 1.82) is 0 Å². The quantitative estimate of drug-likeness (QED) is 0.577. The van der Waals surface area contributed by atoms with Crippen LogP contribution in [0.15, 0.2) is 18.5 Å². The molecule has 0 aromatic carbocycles. The Bertz CT molecular complexity index is 258. The first-order chi connectivity index (χ1) is 4.70. The lowest BCUT2D eigenvalue weighted by atomic mass is 10.2. The first kappa shape index (κ1) is 6.74. The van der Waals surface area contributed by atoms with Crippen LogP contribution in [0.25, 0.3) is 0 Å². The molecule has 0 radical (unpaired) electrons. The van der Waals surface area contributed by atoms with Crippen LogP contribution in [0.2, 0.25) is 0 Å². The molecule has 3 heteroatoms. The molecule has 1 rings (SSSR count). The highest BCUT2D eigenvalue weighted by atomic mass is 16.1. The van der Waals surface area contributed by atoms with Gasteiger partial charge < -0.3 is 5.73 Å². The molecule has 1 amide bonds. The summed E-state index contributed by atoms with van der Waals surface area (Å²) in [4.78, 5) is 13.4. The fourth-order valence-electron chi connectivity index (χ4n) is 0.734. The molecule has 0 bridgehead atoms. The lowest BCUT2D eigenvalue weighted by Crippen LogP contribution is -2.15. The number of nitrogens with one attached hydrogen (secondary N) is 1. The number of carbonyl (C=O) groups excluding carboxylic acids is 1. The molecule has 0 aliphatic rings. The van der Waals surface area contributed by atoms with E-state index in [9.17, 15) is 4.79 Å². The maximum absolute atomic E-state index is 10.6. The van der Waals surface area contributed by atoms with Crippen LogP contribution in [-0.2, 0) is 0 Å². The number of hydrogen-bond donors (Lipinski definition) is 1. The topological polar surface area (TPSA) is 57.2 Å². The van der Waals surface area contributed by atoms with Crippen molar-refractivity contribution < 1.29 is 9.78 Å². The number of aryl methyl sites for hydroxylation is 1. The third-order valence-corrected chi connectivity index (χ3v) is 1.22. The van der Waals surface area contributed by atoms with Crippen molar-refractivity contribution >= 4 is 5.91 Å². The Balaban J connectivity index is 3.07. The van der Waals surface area contributed by atoms with Gasteiger partial charge in [-0.05, 0) is 13.0 Å². The van der Waals surface area contributed by atoms with Gasteiger partial charge in [0.1, 0.15) is 5.56 Å². The minimum absolute atomic E-state index is 0.403. The largest absolute Gasteiger partial charge is 0.365 e. The minimum Gasteiger partial charge on any atom is -0.365 e. The Labute approximate surface area is 58.9 Å². The molecule has 0 unspecified atom stereocenters. The van der Waals surface area contributed by atoms with Crippen LogP contribution >= 0.6 is 0 Å². The highest BCUT2D eigenvalue weighted by molar-refractivity contribution is 5.92. The van der Waals surface area contributed by atoms with Crippen molar-refractivity contribution in [2.45, 2.75) is 6.92 Å². The summed E-state index contributed by atoms with van der Waals surface area (Å²) in [7, 11) is 0. The zero-order valence-corrected chi connectivity index (χ0v) is 5.72. The first-order valence-corrected chi connectivity index (χ1v) is 2.97. The van der Waals surface area contributed by atoms with E-state index in [1.807, 2.05) is 6.92 Å². The van der Waals surface area contributed by atoms with Crippen LogP contribution < -0.4 is 10.7 Å². The number of H-pyrrole nitrogens is 1. The summed E-state index contributed by atoms with van der Waals surface area (Å²) in [6, 6.07) is 1.73. The van der Waals surface area contributed by atoms with Crippen LogP contribution in [0.3, 0.4) is 0 Å². The van der Waals surface area contributed by atoms with Crippen LogP contribution in [0.1, 0.15) is 15.9 Å². The van der Waals surface area contributed by atoms with E-state index in [2.05, 4.69) is 4.98 Å². The van der Waals surface area contributed by atoms with E-state index in [-0.39, 0.29) is 0 Å². The molecule has 0 fully saturated rings. The number of aromatic amines is 1. The Morgan fingerprint density at radius 2 is 2.30 bits per heavy atom. The fourth-order valence-corrected chi connectivity index (χ4v) is 0.734. The third-order valence-electron chi connectivity index (χ3n) is 1.22. The highest BCUT2D eigenvalue weighted by Crippen LogP contribution is 1.96. The first-order valence-electron chi connectivity index (χ1n) is 2.97. The smallest absolute Gasteiger partial charge is 0.254 e. The minimum atomic E-state index is -0.403. The molecule has 0 aliphatic carbocycles. The molecule has 1 heterocycles. The Kier molecular flexibility index (Phi) is 1.67. The molecule has 0 atom stereocenters. The second kappa shape index (κ2) is 2.47. The van der Waals surface area contributed by atoms with Gasteiger partial charge in [-0.25, -0.2) is 4.98 Å². The van der Waals surface area contributed by atoms with Crippen molar-refractivity contribution in [1.82, 2.24) is 0 Å². The number of carbonyl (C=O) groups is 1. The predicted molar refractivity (Wildman–Crippen MR) is 36.3 cm³/mol. The van der Waals surface area contributed by atoms with E-state index in [0.717, 1.165) is 5.56 Å². The van der Waals surface area contributed by atoms with Crippen LogP contribution in [-0.4, -0.2) is 5.91 Å². The van der Waals surface area contributed by atoms with Gasteiger partial charge in [-0.15, -0.1) is 0 Å². The van der Waals surface area contributed by atoms with Crippen molar-refractivity contribution in [3.05, 3.63) is 29.6 Å². The fraction of sp³-hybridized carbons (Fsp3) is 0.143. The SMILES string of the molecule is Cc1c[nH+]cc(C(N)=O)c1. The molecule has 3 N–H and O–H groups in total. The molecular formula is C7H9N2O+. The number of primary amides is 1. The van der Waals surface area contributed by atoms with Crippen LogP contribution in [0.5, 0.6) is 0 Å². The van der Waals surface area contributed by atoms with Gasteiger partial charge in [0.2, 0.25) is 0 Å². The van der Waals surface area contributed by atoms with Gasteiger partial charge in [0.25, 0.3) is 5.91 Å². The molecule has 52 valence electrons. The van der Waals surface area contributed by atoms with Crippen molar-refractivity contribution in [2.75, 3.05) is 0 Å². The van der Waals surface area contributed by atoms with Gasteiger partial charge in [-0.1, -0.05) is 0 Å². The third kappa shape index (κ3) is 1.31. The molecule has 3 nitrogen and oxygen atoms in total. The van der Waals surface area contributed by atoms with Crippen molar-refractivity contribution in [2.24, 2.45) is 5.73 Å². The number of aromatic nitrogens is 1. The van der Waals surface area contributed by atoms with Gasteiger partial charge in [-0.3, -0.25) is 4.79 Å². The Hall–Kier alpha value is -1.38. The zero-order chi connectivity index (χ0) is 7.56. The van der Waals surface area contributed by atoms with E-state index >= 15 is 0 Å². The molecule has 0 saturated carbocycles. The zero-order valence-electron chi connectivity index (χ0n) is 5.72. The van der Waals surface area contributed by atoms with E-state index in [1.54, 1.807) is 18.5 Å². The number of pyridine rings is 1. The van der Waals surface area contributed by atoms with Crippen molar-refractivity contribution in [3.63, 3.8) is 0 Å². The summed E-state index contributed by atoms with van der Waals surface area (Å²) < 4.78 is 0. The molecule has 0 aliphatic heterocycles. The second-order valence-electron chi connectivity index (χ2n) is 2.16. The Morgan fingerprint density at radius 1 is 1.60 bits per heavy atom. The molecule has 1 aromatic heterocycles.